The highest BCUT2D eigenvalue weighted by Gasteiger charge is 2.04. The Kier molecular flexibility index (Phi) is 10.4. The molecule has 0 saturated heterocycles. The van der Waals surface area contributed by atoms with Crippen molar-refractivity contribution in [1.29, 1.82) is 0 Å². The predicted molar refractivity (Wildman–Crippen MR) is 65.5 cm³/mol. The first-order valence-electron chi connectivity index (χ1n) is 5.89. The molecule has 96 valence electrons. The van der Waals surface area contributed by atoms with Crippen LogP contribution in [0.3, 0.4) is 0 Å². The zero-order chi connectivity index (χ0) is 12.2. The Labute approximate surface area is 98.3 Å². The fourth-order valence-corrected chi connectivity index (χ4v) is 1.04. The van der Waals surface area contributed by atoms with Gasteiger partial charge in [0.2, 0.25) is 5.91 Å². The average molecular weight is 231 g/mol. The lowest BCUT2D eigenvalue weighted by Crippen LogP contribution is -2.32. The largest absolute Gasteiger partial charge is 0.378 e. The van der Waals surface area contributed by atoms with Crippen LogP contribution in [0, 0.1) is 5.92 Å². The number of carbonyl (C=O) groups excluding carboxylic acids is 1. The first-order valence-corrected chi connectivity index (χ1v) is 5.89. The minimum atomic E-state index is 0.0446. The maximum absolute atomic E-state index is 11.2. The second kappa shape index (κ2) is 10.9. The van der Waals surface area contributed by atoms with E-state index in [9.17, 15) is 4.79 Å². The molecule has 0 aliphatic rings. The molecular formula is C11H25N3O2. The summed E-state index contributed by atoms with van der Waals surface area (Å²) in [6.45, 7) is 8.36. The molecule has 0 fully saturated rings. The summed E-state index contributed by atoms with van der Waals surface area (Å²) in [5.41, 5.74) is 0. The fourth-order valence-electron chi connectivity index (χ4n) is 1.04. The highest BCUT2D eigenvalue weighted by molar-refractivity contribution is 5.77. The number of nitrogens with one attached hydrogen (secondary N) is 3. The van der Waals surface area contributed by atoms with E-state index in [4.69, 9.17) is 4.74 Å². The van der Waals surface area contributed by atoms with E-state index in [0.29, 0.717) is 19.8 Å². The normalized spacial score (nSPS) is 10.8. The van der Waals surface area contributed by atoms with Crippen LogP contribution in [0.4, 0.5) is 0 Å². The Morgan fingerprint density at radius 3 is 2.44 bits per heavy atom. The summed E-state index contributed by atoms with van der Waals surface area (Å²) in [4.78, 5) is 11.2. The summed E-state index contributed by atoms with van der Waals surface area (Å²) in [5, 5.41) is 9.08. The lowest BCUT2D eigenvalue weighted by Gasteiger charge is -2.08. The van der Waals surface area contributed by atoms with Crippen LogP contribution in [0.2, 0.25) is 0 Å². The van der Waals surface area contributed by atoms with E-state index in [2.05, 4.69) is 16.0 Å². The van der Waals surface area contributed by atoms with Crippen LogP contribution in [0.1, 0.15) is 13.8 Å². The lowest BCUT2D eigenvalue weighted by atomic mass is 10.2. The van der Waals surface area contributed by atoms with E-state index >= 15 is 0 Å². The van der Waals surface area contributed by atoms with Gasteiger partial charge in [-0.3, -0.25) is 4.79 Å². The Morgan fingerprint density at radius 1 is 1.12 bits per heavy atom. The van der Waals surface area contributed by atoms with Gasteiger partial charge in [0.05, 0.1) is 13.2 Å². The van der Waals surface area contributed by atoms with Gasteiger partial charge in [-0.25, -0.2) is 0 Å². The van der Waals surface area contributed by atoms with Crippen molar-refractivity contribution >= 4 is 5.91 Å². The smallest absolute Gasteiger partial charge is 0.222 e. The third kappa shape index (κ3) is 9.89. The van der Waals surface area contributed by atoms with E-state index in [1.165, 1.54) is 0 Å². The summed E-state index contributed by atoms with van der Waals surface area (Å²) in [6, 6.07) is 0. The van der Waals surface area contributed by atoms with Crippen LogP contribution in [-0.2, 0) is 9.53 Å². The Hall–Kier alpha value is -0.650. The number of amides is 1. The van der Waals surface area contributed by atoms with Gasteiger partial charge in [-0.2, -0.15) is 0 Å². The number of carbonyl (C=O) groups is 1. The molecule has 0 aliphatic carbocycles. The van der Waals surface area contributed by atoms with Crippen LogP contribution in [0.25, 0.3) is 0 Å². The molecule has 0 bridgehead atoms. The molecule has 0 spiro atoms. The van der Waals surface area contributed by atoms with Gasteiger partial charge in [0, 0.05) is 32.1 Å². The van der Waals surface area contributed by atoms with E-state index in [1.54, 1.807) is 0 Å². The Bertz CT molecular complexity index is 175. The molecule has 1 amide bonds. The van der Waals surface area contributed by atoms with E-state index in [-0.39, 0.29) is 11.8 Å². The van der Waals surface area contributed by atoms with Crippen molar-refractivity contribution in [3.05, 3.63) is 0 Å². The molecule has 0 aliphatic heterocycles. The van der Waals surface area contributed by atoms with Gasteiger partial charge in [0.1, 0.15) is 0 Å². The first kappa shape index (κ1) is 15.3. The van der Waals surface area contributed by atoms with Crippen LogP contribution in [0.5, 0.6) is 0 Å². The summed E-state index contributed by atoms with van der Waals surface area (Å²) in [5.74, 6) is 0.124. The van der Waals surface area contributed by atoms with Crippen LogP contribution in [-0.4, -0.2) is 52.3 Å². The molecule has 5 nitrogen and oxygen atoms in total. The Morgan fingerprint density at radius 2 is 1.81 bits per heavy atom. The number of ether oxygens (including phenoxy) is 1. The fraction of sp³-hybridized carbons (Fsp3) is 0.909. The van der Waals surface area contributed by atoms with E-state index in [0.717, 1.165) is 19.6 Å². The number of rotatable bonds is 10. The third-order valence-corrected chi connectivity index (χ3v) is 2.04. The average Bonchev–Trinajstić information content (AvgIpc) is 2.26. The molecule has 3 N–H and O–H groups in total. The molecule has 0 saturated carbocycles. The van der Waals surface area contributed by atoms with Crippen molar-refractivity contribution in [2.75, 3.05) is 46.4 Å². The predicted octanol–water partition coefficient (Wildman–Crippen LogP) is -0.416. The molecule has 0 unspecified atom stereocenters. The second-order valence-corrected chi connectivity index (χ2v) is 3.91. The minimum Gasteiger partial charge on any atom is -0.378 e. The van der Waals surface area contributed by atoms with Gasteiger partial charge in [-0.1, -0.05) is 13.8 Å². The maximum Gasteiger partial charge on any atom is 0.222 e. The third-order valence-electron chi connectivity index (χ3n) is 2.04. The molecule has 0 atom stereocenters. The van der Waals surface area contributed by atoms with Crippen LogP contribution < -0.4 is 16.0 Å². The highest BCUT2D eigenvalue weighted by atomic mass is 16.5. The van der Waals surface area contributed by atoms with Crippen LogP contribution in [0.15, 0.2) is 0 Å². The van der Waals surface area contributed by atoms with E-state index < -0.39 is 0 Å². The van der Waals surface area contributed by atoms with Crippen molar-refractivity contribution in [3.8, 4) is 0 Å². The topological polar surface area (TPSA) is 62.4 Å². The molecule has 0 aromatic rings. The molecule has 0 aromatic heterocycles. The summed E-state index contributed by atoms with van der Waals surface area (Å²) >= 11 is 0. The first-order chi connectivity index (χ1) is 7.68. The summed E-state index contributed by atoms with van der Waals surface area (Å²) in [6.07, 6.45) is 0. The second-order valence-electron chi connectivity index (χ2n) is 3.91. The lowest BCUT2D eigenvalue weighted by molar-refractivity contribution is -0.124. The molecule has 16 heavy (non-hydrogen) atoms. The Balaban J connectivity index is 3.07. The van der Waals surface area contributed by atoms with Crippen molar-refractivity contribution in [1.82, 2.24) is 16.0 Å². The van der Waals surface area contributed by atoms with Gasteiger partial charge in [-0.15, -0.1) is 0 Å². The quantitative estimate of drug-likeness (QED) is 0.447. The van der Waals surface area contributed by atoms with Crippen molar-refractivity contribution < 1.29 is 9.53 Å². The monoisotopic (exact) mass is 231 g/mol. The van der Waals surface area contributed by atoms with Gasteiger partial charge in [0.15, 0.2) is 0 Å². The molecule has 0 radical (unpaired) electrons. The van der Waals surface area contributed by atoms with Gasteiger partial charge in [0.25, 0.3) is 0 Å². The van der Waals surface area contributed by atoms with E-state index in [1.807, 2.05) is 20.9 Å². The van der Waals surface area contributed by atoms with Gasteiger partial charge < -0.3 is 20.7 Å². The van der Waals surface area contributed by atoms with Crippen molar-refractivity contribution in [2.24, 2.45) is 5.92 Å². The maximum atomic E-state index is 11.2. The summed E-state index contributed by atoms with van der Waals surface area (Å²) in [7, 11) is 1.93. The molecular weight excluding hydrogens is 206 g/mol. The standard InChI is InChI=1S/C11H25N3O2/c1-10(2)11(15)14-7-9-16-8-6-13-5-4-12-3/h10,12-13H,4-9H2,1-3H3,(H,14,15). The van der Waals surface area contributed by atoms with Gasteiger partial charge in [-0.05, 0) is 7.05 Å². The molecule has 0 heterocycles. The van der Waals surface area contributed by atoms with Crippen molar-refractivity contribution in [2.45, 2.75) is 13.8 Å². The summed E-state index contributed by atoms with van der Waals surface area (Å²) < 4.78 is 5.35. The molecule has 0 aromatic carbocycles. The number of hydrogen-bond acceptors (Lipinski definition) is 4. The molecule has 5 heteroatoms. The number of hydrogen-bond donors (Lipinski definition) is 3. The van der Waals surface area contributed by atoms with Gasteiger partial charge >= 0.3 is 0 Å². The van der Waals surface area contributed by atoms with Crippen LogP contribution >= 0.6 is 0 Å². The number of likely N-dealkylation sites (N-methyl/N-ethyl adjacent to an activating group) is 1. The molecule has 0 rings (SSSR count). The zero-order valence-corrected chi connectivity index (χ0v) is 10.6. The minimum absolute atomic E-state index is 0.0446. The SMILES string of the molecule is CNCCNCCOCCNC(=O)C(C)C. The van der Waals surface area contributed by atoms with Crippen molar-refractivity contribution in [3.63, 3.8) is 0 Å². The zero-order valence-electron chi connectivity index (χ0n) is 10.6. The highest BCUT2D eigenvalue weighted by Crippen LogP contribution is 1.89.